The number of nitrogens with zero attached hydrogens (tertiary/aromatic N) is 6. The molecule has 11 heteroatoms. The maximum absolute atomic E-state index is 11.7. The Morgan fingerprint density at radius 2 is 1.95 bits per heavy atom. The van der Waals surface area contributed by atoms with Crippen LogP contribution in [0.2, 0.25) is 0 Å². The zero-order chi connectivity index (χ0) is 27.1. The summed E-state index contributed by atoms with van der Waals surface area (Å²) in [6.07, 6.45) is 13.8. The lowest BCUT2D eigenvalue weighted by Crippen LogP contribution is -2.55. The monoisotopic (exact) mass is 533 g/mol. The fourth-order valence-electron chi connectivity index (χ4n) is 6.29. The summed E-state index contributed by atoms with van der Waals surface area (Å²) in [4.78, 5) is 31.6. The molecular formula is C28H39N9O2. The highest BCUT2D eigenvalue weighted by Gasteiger charge is 2.32. The lowest BCUT2D eigenvalue weighted by molar-refractivity contribution is 0.284. The maximum atomic E-state index is 11.7. The fraction of sp³-hybridized carbons (Fsp3) is 0.679. The Balaban J connectivity index is 1.47. The van der Waals surface area contributed by atoms with Gasteiger partial charge in [-0.2, -0.15) is 4.98 Å². The number of aromatic amines is 1. The summed E-state index contributed by atoms with van der Waals surface area (Å²) in [6.45, 7) is 9.24. The molecule has 6 rings (SSSR count). The van der Waals surface area contributed by atoms with Crippen molar-refractivity contribution in [3.05, 3.63) is 10.6 Å². The summed E-state index contributed by atoms with van der Waals surface area (Å²) >= 11 is 0. The molecule has 3 N–H and O–H groups in total. The van der Waals surface area contributed by atoms with Crippen LogP contribution in [0.1, 0.15) is 65.7 Å². The van der Waals surface area contributed by atoms with Crippen LogP contribution < -0.4 is 21.3 Å². The quantitative estimate of drug-likeness (QED) is 0.391. The molecule has 0 radical (unpaired) electrons. The molecular weight excluding hydrogens is 494 g/mol. The highest BCUT2D eigenvalue weighted by molar-refractivity contribution is 5.87. The van der Waals surface area contributed by atoms with E-state index in [1.807, 2.05) is 0 Å². The van der Waals surface area contributed by atoms with Crippen LogP contribution in [0.15, 0.2) is 9.32 Å². The van der Waals surface area contributed by atoms with Crippen LogP contribution >= 0.6 is 0 Å². The van der Waals surface area contributed by atoms with Gasteiger partial charge in [-0.3, -0.25) is 9.51 Å². The van der Waals surface area contributed by atoms with Crippen LogP contribution in [0.25, 0.3) is 22.8 Å². The first-order valence-corrected chi connectivity index (χ1v) is 14.5. The highest BCUT2D eigenvalue weighted by atomic mass is 16.5. The molecule has 0 unspecified atom stereocenters. The number of anilines is 2. The smallest absolute Gasteiger partial charge is 0.365 e. The number of piperazine rings is 1. The molecule has 3 fully saturated rings. The Bertz CT molecular complexity index is 1410. The Hall–Kier alpha value is -3.39. The molecule has 3 aromatic heterocycles. The Labute approximate surface area is 228 Å². The number of aromatic nitrogens is 6. The zero-order valence-electron chi connectivity index (χ0n) is 23.1. The van der Waals surface area contributed by atoms with Crippen LogP contribution in [-0.2, 0) is 6.54 Å². The number of hydrogen-bond acceptors (Lipinski definition) is 9. The number of fused-ring (bicyclic) bond motifs is 1. The van der Waals surface area contributed by atoms with Crippen molar-refractivity contribution in [1.82, 2.24) is 35.0 Å². The van der Waals surface area contributed by atoms with Gasteiger partial charge in [0, 0.05) is 43.7 Å². The summed E-state index contributed by atoms with van der Waals surface area (Å²) in [7, 11) is 0. The molecule has 3 atom stereocenters. The molecule has 1 aliphatic heterocycles. The lowest BCUT2D eigenvalue weighted by Gasteiger charge is -2.39. The van der Waals surface area contributed by atoms with Crippen molar-refractivity contribution in [2.75, 3.05) is 23.3 Å². The minimum atomic E-state index is -0.636. The standard InChI is InChI=1S/C28H39N9O2/c1-5-19-9-11-20(12-10-19)15-37-22-23(30-18(4)21-7-6-8-21)31-25(26-34-28(38)39-35-26)32-24(22)33-27(37)36-14-16(2)29-13-17(36)3/h1,16-21,29H,6-15H2,2-4H3,(H,30,31,32)(H,34,35,38)/t16-,17+,18+,19-,20-/m0/s1. The third kappa shape index (κ3) is 5.14. The highest BCUT2D eigenvalue weighted by Crippen LogP contribution is 2.37. The van der Waals surface area contributed by atoms with Gasteiger partial charge >= 0.3 is 5.76 Å². The van der Waals surface area contributed by atoms with E-state index in [1.165, 1.54) is 19.3 Å². The van der Waals surface area contributed by atoms with Gasteiger partial charge in [-0.15, -0.1) is 12.3 Å². The molecule has 1 saturated heterocycles. The number of hydrogen-bond donors (Lipinski definition) is 3. The van der Waals surface area contributed by atoms with E-state index in [9.17, 15) is 4.79 Å². The number of nitrogens with one attached hydrogen (secondary N) is 3. The molecule has 2 saturated carbocycles. The van der Waals surface area contributed by atoms with E-state index >= 15 is 0 Å². The van der Waals surface area contributed by atoms with Gasteiger partial charge in [-0.1, -0.05) is 11.6 Å². The summed E-state index contributed by atoms with van der Waals surface area (Å²) in [5.41, 5.74) is 1.50. The van der Waals surface area contributed by atoms with Crippen LogP contribution in [0.5, 0.6) is 0 Å². The van der Waals surface area contributed by atoms with Crippen LogP contribution in [0, 0.1) is 30.1 Å². The first-order valence-electron chi connectivity index (χ1n) is 14.5. The van der Waals surface area contributed by atoms with E-state index in [2.05, 4.69) is 56.9 Å². The van der Waals surface area contributed by atoms with Crippen molar-refractivity contribution in [3.63, 3.8) is 0 Å². The predicted octanol–water partition coefficient (Wildman–Crippen LogP) is 3.40. The van der Waals surface area contributed by atoms with Gasteiger partial charge in [0.1, 0.15) is 5.52 Å². The summed E-state index contributed by atoms with van der Waals surface area (Å²) in [6, 6.07) is 0.870. The molecule has 3 aliphatic rings. The molecule has 11 nitrogen and oxygen atoms in total. The summed E-state index contributed by atoms with van der Waals surface area (Å²) in [5, 5.41) is 11.2. The van der Waals surface area contributed by atoms with Crippen molar-refractivity contribution in [2.45, 2.75) is 90.4 Å². The normalized spacial score (nSPS) is 26.8. The molecule has 4 heterocycles. The SMILES string of the molecule is C#C[C@H]1CC[C@H](Cn2c(N3C[C@H](C)NC[C@H]3C)nc3nc(-c4noc(=O)[nH]4)nc(N[C@H](C)C4CCC4)c32)CC1. The lowest BCUT2D eigenvalue weighted by atomic mass is 9.80. The van der Waals surface area contributed by atoms with E-state index in [0.717, 1.165) is 62.6 Å². The van der Waals surface area contributed by atoms with Gasteiger partial charge in [-0.05, 0) is 71.1 Å². The number of H-pyrrole nitrogens is 1. The Kier molecular flexibility index (Phi) is 7.06. The van der Waals surface area contributed by atoms with E-state index in [1.54, 1.807) is 0 Å². The van der Waals surface area contributed by atoms with Crippen molar-refractivity contribution >= 4 is 22.9 Å². The second-order valence-corrected chi connectivity index (χ2v) is 11.9. The molecule has 0 amide bonds. The van der Waals surface area contributed by atoms with Crippen molar-refractivity contribution in [3.8, 4) is 24.0 Å². The van der Waals surface area contributed by atoms with Crippen LogP contribution in [0.3, 0.4) is 0 Å². The topological polar surface area (TPSA) is 130 Å². The van der Waals surface area contributed by atoms with Crippen molar-refractivity contribution in [2.24, 2.45) is 17.8 Å². The summed E-state index contributed by atoms with van der Waals surface area (Å²) < 4.78 is 7.11. The van der Waals surface area contributed by atoms with Gasteiger partial charge in [-0.25, -0.2) is 14.8 Å². The predicted molar refractivity (Wildman–Crippen MR) is 150 cm³/mol. The molecule has 0 spiro atoms. The third-order valence-electron chi connectivity index (χ3n) is 9.00. The largest absolute Gasteiger partial charge is 0.439 e. The Morgan fingerprint density at radius 3 is 2.62 bits per heavy atom. The fourth-order valence-corrected chi connectivity index (χ4v) is 6.29. The average Bonchev–Trinajstić information content (AvgIpc) is 3.48. The molecule has 2 aliphatic carbocycles. The first kappa shape index (κ1) is 25.9. The second kappa shape index (κ2) is 10.6. The van der Waals surface area contributed by atoms with Crippen LogP contribution in [0.4, 0.5) is 11.8 Å². The number of imidazole rings is 1. The minimum Gasteiger partial charge on any atom is -0.365 e. The molecule has 3 aromatic rings. The van der Waals surface area contributed by atoms with Crippen LogP contribution in [-0.4, -0.2) is 60.9 Å². The summed E-state index contributed by atoms with van der Waals surface area (Å²) in [5.74, 6) is 5.96. The average molecular weight is 534 g/mol. The molecule has 39 heavy (non-hydrogen) atoms. The van der Waals surface area contributed by atoms with Gasteiger partial charge in [0.25, 0.3) is 0 Å². The third-order valence-corrected chi connectivity index (χ3v) is 9.00. The second-order valence-electron chi connectivity index (χ2n) is 11.9. The van der Waals surface area contributed by atoms with Crippen molar-refractivity contribution in [1.29, 1.82) is 0 Å². The van der Waals surface area contributed by atoms with Gasteiger partial charge in [0.05, 0.1) is 0 Å². The first-order chi connectivity index (χ1) is 18.9. The number of terminal acetylenes is 1. The van der Waals surface area contributed by atoms with Crippen molar-refractivity contribution < 1.29 is 4.52 Å². The number of rotatable bonds is 7. The zero-order valence-corrected chi connectivity index (χ0v) is 23.1. The molecule has 0 aromatic carbocycles. The van der Waals surface area contributed by atoms with Gasteiger partial charge in [0.15, 0.2) is 11.5 Å². The maximum Gasteiger partial charge on any atom is 0.439 e. The van der Waals surface area contributed by atoms with E-state index in [4.69, 9.17) is 25.9 Å². The van der Waals surface area contributed by atoms with Gasteiger partial charge < -0.3 is 20.1 Å². The minimum absolute atomic E-state index is 0.203. The van der Waals surface area contributed by atoms with Gasteiger partial charge in [0.2, 0.25) is 17.6 Å². The van der Waals surface area contributed by atoms with E-state index in [0.29, 0.717) is 35.3 Å². The molecule has 0 bridgehead atoms. The van der Waals surface area contributed by atoms with E-state index in [-0.39, 0.29) is 17.9 Å². The van der Waals surface area contributed by atoms with E-state index < -0.39 is 5.76 Å². The Morgan fingerprint density at radius 1 is 1.15 bits per heavy atom. The molecule has 208 valence electrons.